The maximum Gasteiger partial charge on any atom is 0.133 e. The largest absolute Gasteiger partial charge is 0.319 e. The molecule has 21 heavy (non-hydrogen) atoms. The fourth-order valence-electron chi connectivity index (χ4n) is 3.11. The van der Waals surface area contributed by atoms with Crippen molar-refractivity contribution in [3.63, 3.8) is 0 Å². The molecule has 112 valence electrons. The highest BCUT2D eigenvalue weighted by atomic mass is 79.9. The van der Waals surface area contributed by atoms with E-state index in [1.54, 1.807) is 17.4 Å². The molecule has 1 aromatic carbocycles. The van der Waals surface area contributed by atoms with Crippen LogP contribution in [0.1, 0.15) is 37.6 Å². The standard InChI is InChI=1S/C16H18BrFN2S/c1-10-3-2-6-16(19,8-10)15-20-14(9-21-15)12-5-4-11(17)7-13(12)18/h4-5,7,9-10H,2-3,6,8,19H2,1H3. The normalized spacial score (nSPS) is 26.0. The smallest absolute Gasteiger partial charge is 0.133 e. The first kappa shape index (κ1) is 15.1. The molecule has 2 nitrogen and oxygen atoms in total. The molecule has 2 atom stereocenters. The molecule has 0 amide bonds. The Labute approximate surface area is 136 Å². The average Bonchev–Trinajstić information content (AvgIpc) is 2.88. The lowest BCUT2D eigenvalue weighted by molar-refractivity contribution is 0.238. The van der Waals surface area contributed by atoms with Gasteiger partial charge in [0.15, 0.2) is 0 Å². The molecule has 0 aliphatic heterocycles. The molecule has 2 aromatic rings. The lowest BCUT2D eigenvalue weighted by Gasteiger charge is -2.35. The Morgan fingerprint density at radius 2 is 2.29 bits per heavy atom. The highest BCUT2D eigenvalue weighted by Crippen LogP contribution is 2.40. The number of hydrogen-bond acceptors (Lipinski definition) is 3. The quantitative estimate of drug-likeness (QED) is 0.802. The molecule has 1 aromatic heterocycles. The Balaban J connectivity index is 1.92. The minimum Gasteiger partial charge on any atom is -0.319 e. The van der Waals surface area contributed by atoms with Gasteiger partial charge in [-0.2, -0.15) is 0 Å². The molecule has 1 fully saturated rings. The lowest BCUT2D eigenvalue weighted by Crippen LogP contribution is -2.40. The van der Waals surface area contributed by atoms with Crippen LogP contribution in [0.4, 0.5) is 4.39 Å². The van der Waals surface area contributed by atoms with E-state index in [2.05, 4.69) is 27.8 Å². The number of rotatable bonds is 2. The predicted molar refractivity (Wildman–Crippen MR) is 88.7 cm³/mol. The van der Waals surface area contributed by atoms with Crippen LogP contribution in [0.15, 0.2) is 28.1 Å². The summed E-state index contributed by atoms with van der Waals surface area (Å²) in [6.45, 7) is 2.24. The van der Waals surface area contributed by atoms with Gasteiger partial charge in [-0.3, -0.25) is 0 Å². The van der Waals surface area contributed by atoms with E-state index in [4.69, 9.17) is 5.73 Å². The summed E-state index contributed by atoms with van der Waals surface area (Å²) in [4.78, 5) is 4.64. The summed E-state index contributed by atoms with van der Waals surface area (Å²) in [5.41, 5.74) is 7.45. The summed E-state index contributed by atoms with van der Waals surface area (Å²) in [7, 11) is 0. The van der Waals surface area contributed by atoms with Gasteiger partial charge in [-0.15, -0.1) is 11.3 Å². The highest BCUT2D eigenvalue weighted by Gasteiger charge is 2.35. The summed E-state index contributed by atoms with van der Waals surface area (Å²) in [6.07, 6.45) is 4.30. The van der Waals surface area contributed by atoms with Gasteiger partial charge in [0.05, 0.1) is 11.2 Å². The summed E-state index contributed by atoms with van der Waals surface area (Å²) in [5, 5.41) is 2.85. The Bertz CT molecular complexity index is 657. The summed E-state index contributed by atoms with van der Waals surface area (Å²) in [5.74, 6) is 0.366. The fourth-order valence-corrected chi connectivity index (χ4v) is 4.42. The number of hydrogen-bond donors (Lipinski definition) is 1. The van der Waals surface area contributed by atoms with Gasteiger partial charge in [0.1, 0.15) is 10.8 Å². The molecule has 0 spiro atoms. The van der Waals surface area contributed by atoms with Gasteiger partial charge < -0.3 is 5.73 Å². The minimum atomic E-state index is -0.341. The van der Waals surface area contributed by atoms with Crippen molar-refractivity contribution in [1.82, 2.24) is 4.98 Å². The van der Waals surface area contributed by atoms with Crippen molar-refractivity contribution in [3.05, 3.63) is 38.9 Å². The SMILES string of the molecule is CC1CCCC(N)(c2nc(-c3ccc(Br)cc3F)cs2)C1. The van der Waals surface area contributed by atoms with Crippen molar-refractivity contribution in [2.75, 3.05) is 0 Å². The van der Waals surface area contributed by atoms with E-state index >= 15 is 0 Å². The van der Waals surface area contributed by atoms with Gasteiger partial charge in [0.25, 0.3) is 0 Å². The molecule has 1 heterocycles. The van der Waals surface area contributed by atoms with E-state index in [0.29, 0.717) is 17.2 Å². The van der Waals surface area contributed by atoms with Crippen molar-refractivity contribution in [2.24, 2.45) is 11.7 Å². The van der Waals surface area contributed by atoms with Crippen molar-refractivity contribution in [1.29, 1.82) is 0 Å². The van der Waals surface area contributed by atoms with Crippen LogP contribution in [0.2, 0.25) is 0 Å². The number of benzene rings is 1. The van der Waals surface area contributed by atoms with E-state index in [0.717, 1.165) is 28.7 Å². The predicted octanol–water partition coefficient (Wildman–Crippen LogP) is 5.08. The van der Waals surface area contributed by atoms with Gasteiger partial charge in [-0.25, -0.2) is 9.37 Å². The fraction of sp³-hybridized carbons (Fsp3) is 0.438. The van der Waals surface area contributed by atoms with Crippen LogP contribution in [0.25, 0.3) is 11.3 Å². The molecule has 3 rings (SSSR count). The maximum atomic E-state index is 14.0. The number of nitrogens with zero attached hydrogens (tertiary/aromatic N) is 1. The second kappa shape index (κ2) is 5.78. The topological polar surface area (TPSA) is 38.9 Å². The zero-order chi connectivity index (χ0) is 15.0. The molecular weight excluding hydrogens is 351 g/mol. The summed E-state index contributed by atoms with van der Waals surface area (Å²) in [6, 6.07) is 5.05. The molecule has 5 heteroatoms. The molecular formula is C16H18BrFN2S. The first-order valence-electron chi connectivity index (χ1n) is 7.18. The third-order valence-electron chi connectivity index (χ3n) is 4.17. The van der Waals surface area contributed by atoms with E-state index in [1.165, 1.54) is 12.5 Å². The Kier molecular flexibility index (Phi) is 4.17. The van der Waals surface area contributed by atoms with Crippen LogP contribution in [-0.2, 0) is 5.54 Å². The third-order valence-corrected chi connectivity index (χ3v) is 5.73. The van der Waals surface area contributed by atoms with Crippen LogP contribution in [-0.4, -0.2) is 4.98 Å². The zero-order valence-electron chi connectivity index (χ0n) is 11.9. The van der Waals surface area contributed by atoms with Gasteiger partial charge in [0, 0.05) is 15.4 Å². The Morgan fingerprint density at radius 3 is 3.00 bits per heavy atom. The minimum absolute atomic E-state index is 0.260. The van der Waals surface area contributed by atoms with Gasteiger partial charge in [-0.1, -0.05) is 35.7 Å². The van der Waals surface area contributed by atoms with E-state index in [1.807, 2.05) is 11.4 Å². The monoisotopic (exact) mass is 368 g/mol. The van der Waals surface area contributed by atoms with Crippen LogP contribution in [0.5, 0.6) is 0 Å². The lowest BCUT2D eigenvalue weighted by atomic mass is 9.77. The van der Waals surface area contributed by atoms with Gasteiger partial charge >= 0.3 is 0 Å². The third kappa shape index (κ3) is 3.05. The average molecular weight is 369 g/mol. The zero-order valence-corrected chi connectivity index (χ0v) is 14.3. The number of thiazole rings is 1. The second-order valence-electron chi connectivity index (χ2n) is 6.02. The van der Waals surface area contributed by atoms with Crippen molar-refractivity contribution in [3.8, 4) is 11.3 Å². The molecule has 1 aliphatic rings. The summed E-state index contributed by atoms with van der Waals surface area (Å²) < 4.78 is 14.8. The van der Waals surface area contributed by atoms with E-state index in [9.17, 15) is 4.39 Å². The first-order chi connectivity index (χ1) is 9.98. The maximum absolute atomic E-state index is 14.0. The van der Waals surface area contributed by atoms with Crippen LogP contribution in [0, 0.1) is 11.7 Å². The molecule has 0 saturated heterocycles. The molecule has 2 unspecified atom stereocenters. The van der Waals surface area contributed by atoms with Crippen molar-refractivity contribution >= 4 is 27.3 Å². The first-order valence-corrected chi connectivity index (χ1v) is 8.85. The van der Waals surface area contributed by atoms with Crippen molar-refractivity contribution < 1.29 is 4.39 Å². The van der Waals surface area contributed by atoms with Crippen LogP contribution < -0.4 is 5.73 Å². The molecule has 1 saturated carbocycles. The molecule has 0 radical (unpaired) electrons. The highest BCUT2D eigenvalue weighted by molar-refractivity contribution is 9.10. The van der Waals surface area contributed by atoms with E-state index < -0.39 is 0 Å². The number of aromatic nitrogens is 1. The van der Waals surface area contributed by atoms with E-state index in [-0.39, 0.29) is 11.4 Å². The van der Waals surface area contributed by atoms with Gasteiger partial charge in [0.2, 0.25) is 0 Å². The Hall–Kier alpha value is -0.780. The van der Waals surface area contributed by atoms with Crippen LogP contribution in [0.3, 0.4) is 0 Å². The molecule has 2 N–H and O–H groups in total. The van der Waals surface area contributed by atoms with Gasteiger partial charge in [-0.05, 0) is 37.0 Å². The summed E-state index contributed by atoms with van der Waals surface area (Å²) >= 11 is 4.82. The molecule has 1 aliphatic carbocycles. The second-order valence-corrected chi connectivity index (χ2v) is 7.79. The Morgan fingerprint density at radius 1 is 1.48 bits per heavy atom. The van der Waals surface area contributed by atoms with Crippen molar-refractivity contribution in [2.45, 2.75) is 38.1 Å². The molecule has 0 bridgehead atoms. The number of halogens is 2. The van der Waals surface area contributed by atoms with Crippen LogP contribution >= 0.6 is 27.3 Å². The number of nitrogens with two attached hydrogens (primary N) is 1.